The van der Waals surface area contributed by atoms with Crippen LogP contribution in [0, 0.1) is 19.3 Å². The van der Waals surface area contributed by atoms with Gasteiger partial charge in [-0.25, -0.2) is 4.98 Å². The summed E-state index contributed by atoms with van der Waals surface area (Å²) in [6.45, 7) is 4.22. The summed E-state index contributed by atoms with van der Waals surface area (Å²) in [7, 11) is 0. The largest absolute Gasteiger partial charge is 0.384 e. The van der Waals surface area contributed by atoms with Crippen LogP contribution in [-0.2, 0) is 5.75 Å². The molecule has 0 atom stereocenters. The van der Waals surface area contributed by atoms with E-state index in [2.05, 4.69) is 37.0 Å². The molecule has 0 saturated carbocycles. The van der Waals surface area contributed by atoms with Gasteiger partial charge in [-0.05, 0) is 31.5 Å². The molecule has 0 aliphatic heterocycles. The summed E-state index contributed by atoms with van der Waals surface area (Å²) in [6.07, 6.45) is 1.64. The van der Waals surface area contributed by atoms with Gasteiger partial charge in [-0.1, -0.05) is 29.3 Å². The minimum absolute atomic E-state index is 0.0540. The zero-order chi connectivity index (χ0) is 13.8. The Bertz CT molecular complexity index is 571. The number of hydrogen-bond acceptors (Lipinski definition) is 3. The predicted molar refractivity (Wildman–Crippen MR) is 80.7 cm³/mol. The van der Waals surface area contributed by atoms with Crippen LogP contribution < -0.4 is 5.73 Å². The molecule has 0 unspecified atom stereocenters. The van der Waals surface area contributed by atoms with Gasteiger partial charge in [0.05, 0.1) is 5.03 Å². The fraction of sp³-hybridized carbons (Fsp3) is 0.200. The molecule has 0 saturated heterocycles. The summed E-state index contributed by atoms with van der Waals surface area (Å²) < 4.78 is 0. The van der Waals surface area contributed by atoms with Crippen molar-refractivity contribution in [3.8, 4) is 0 Å². The lowest BCUT2D eigenvalue weighted by Gasteiger charge is -2.05. The van der Waals surface area contributed by atoms with Gasteiger partial charge in [-0.15, -0.1) is 11.8 Å². The lowest BCUT2D eigenvalue weighted by atomic mass is 10.1. The van der Waals surface area contributed by atoms with E-state index in [1.165, 1.54) is 16.7 Å². The van der Waals surface area contributed by atoms with Gasteiger partial charge in [0.1, 0.15) is 5.84 Å². The molecular weight excluding hydrogens is 254 g/mol. The molecule has 0 aliphatic carbocycles. The zero-order valence-corrected chi connectivity index (χ0v) is 11.9. The molecule has 0 fully saturated rings. The highest BCUT2D eigenvalue weighted by molar-refractivity contribution is 7.98. The Balaban J connectivity index is 2.03. The van der Waals surface area contributed by atoms with Crippen molar-refractivity contribution in [3.63, 3.8) is 0 Å². The Kier molecular flexibility index (Phi) is 4.22. The second kappa shape index (κ2) is 5.89. The van der Waals surface area contributed by atoms with Gasteiger partial charge in [-0.2, -0.15) is 0 Å². The van der Waals surface area contributed by atoms with Crippen molar-refractivity contribution in [2.45, 2.75) is 24.6 Å². The fourth-order valence-corrected chi connectivity index (χ4v) is 2.71. The van der Waals surface area contributed by atoms with Gasteiger partial charge in [-0.3, -0.25) is 5.41 Å². The minimum atomic E-state index is 0.0540. The van der Waals surface area contributed by atoms with E-state index in [1.807, 2.05) is 12.1 Å². The summed E-state index contributed by atoms with van der Waals surface area (Å²) in [5, 5.41) is 8.27. The number of aryl methyl sites for hydroxylation is 2. The van der Waals surface area contributed by atoms with Gasteiger partial charge >= 0.3 is 0 Å². The van der Waals surface area contributed by atoms with E-state index in [0.29, 0.717) is 5.56 Å². The maximum Gasteiger partial charge on any atom is 0.124 e. The third-order valence-corrected chi connectivity index (χ3v) is 3.73. The average Bonchev–Trinajstić information content (AvgIpc) is 2.36. The molecule has 0 bridgehead atoms. The molecule has 1 aromatic heterocycles. The fourth-order valence-electron chi connectivity index (χ4n) is 1.93. The summed E-state index contributed by atoms with van der Waals surface area (Å²) >= 11 is 1.69. The number of pyridine rings is 1. The third-order valence-electron chi connectivity index (χ3n) is 2.72. The van der Waals surface area contributed by atoms with E-state index in [4.69, 9.17) is 11.1 Å². The minimum Gasteiger partial charge on any atom is -0.384 e. The number of benzene rings is 1. The molecule has 4 heteroatoms. The number of nitrogens with one attached hydrogen (secondary N) is 1. The van der Waals surface area contributed by atoms with Gasteiger partial charge in [0.25, 0.3) is 0 Å². The summed E-state index contributed by atoms with van der Waals surface area (Å²) in [6, 6.07) is 10.3. The van der Waals surface area contributed by atoms with Crippen LogP contribution >= 0.6 is 11.8 Å². The molecule has 2 aromatic rings. The van der Waals surface area contributed by atoms with E-state index in [-0.39, 0.29) is 5.84 Å². The number of nitrogens with two attached hydrogens (primary N) is 1. The zero-order valence-electron chi connectivity index (χ0n) is 11.1. The van der Waals surface area contributed by atoms with Crippen LogP contribution in [0.1, 0.15) is 22.3 Å². The first kappa shape index (κ1) is 13.6. The Labute approximate surface area is 117 Å². The number of nitrogens with zero attached hydrogens (tertiary/aromatic N) is 1. The van der Waals surface area contributed by atoms with Crippen LogP contribution in [0.3, 0.4) is 0 Å². The number of nitrogen functional groups attached to an aromatic ring is 1. The maximum atomic E-state index is 7.32. The highest BCUT2D eigenvalue weighted by Crippen LogP contribution is 2.22. The normalized spacial score (nSPS) is 10.4. The first-order chi connectivity index (χ1) is 9.04. The summed E-state index contributed by atoms with van der Waals surface area (Å²) in [5.74, 6) is 0.952. The molecule has 1 heterocycles. The Morgan fingerprint density at radius 1 is 1.21 bits per heavy atom. The van der Waals surface area contributed by atoms with Crippen LogP contribution in [0.5, 0.6) is 0 Å². The molecule has 2 rings (SSSR count). The lowest BCUT2D eigenvalue weighted by Crippen LogP contribution is -2.11. The van der Waals surface area contributed by atoms with Gasteiger partial charge in [0.2, 0.25) is 0 Å². The maximum absolute atomic E-state index is 7.32. The SMILES string of the molecule is Cc1cc(C)cc(CSc2ccc(C(=N)N)cn2)c1. The van der Waals surface area contributed by atoms with Crippen molar-refractivity contribution >= 4 is 17.6 Å². The van der Waals surface area contributed by atoms with E-state index >= 15 is 0 Å². The predicted octanol–water partition coefficient (Wildman–Crippen LogP) is 3.27. The first-order valence-electron chi connectivity index (χ1n) is 6.05. The first-order valence-corrected chi connectivity index (χ1v) is 7.03. The number of rotatable bonds is 4. The molecule has 0 aliphatic rings. The van der Waals surface area contributed by atoms with Gasteiger partial charge in [0.15, 0.2) is 0 Å². The van der Waals surface area contributed by atoms with Gasteiger partial charge < -0.3 is 5.73 Å². The van der Waals surface area contributed by atoms with Crippen LogP contribution in [0.4, 0.5) is 0 Å². The quantitative estimate of drug-likeness (QED) is 0.509. The topological polar surface area (TPSA) is 62.8 Å². The van der Waals surface area contributed by atoms with E-state index in [9.17, 15) is 0 Å². The van der Waals surface area contributed by atoms with Gasteiger partial charge in [0, 0.05) is 17.5 Å². The second-order valence-corrected chi connectivity index (χ2v) is 5.58. The molecule has 3 nitrogen and oxygen atoms in total. The molecule has 1 aromatic carbocycles. The standard InChI is InChI=1S/C15H17N3S/c1-10-5-11(2)7-12(6-10)9-19-14-4-3-13(8-18-14)15(16)17/h3-8H,9H2,1-2H3,(H3,16,17). The van der Waals surface area contributed by atoms with Crippen molar-refractivity contribution in [1.29, 1.82) is 5.41 Å². The Morgan fingerprint density at radius 3 is 2.42 bits per heavy atom. The molecule has 19 heavy (non-hydrogen) atoms. The average molecular weight is 271 g/mol. The number of aromatic nitrogens is 1. The highest BCUT2D eigenvalue weighted by atomic mass is 32.2. The van der Waals surface area contributed by atoms with Crippen LogP contribution in [-0.4, -0.2) is 10.8 Å². The molecule has 98 valence electrons. The van der Waals surface area contributed by atoms with Crippen molar-refractivity contribution < 1.29 is 0 Å². The smallest absolute Gasteiger partial charge is 0.124 e. The van der Waals surface area contributed by atoms with Crippen molar-refractivity contribution in [1.82, 2.24) is 4.98 Å². The number of amidine groups is 1. The van der Waals surface area contributed by atoms with E-state index in [1.54, 1.807) is 18.0 Å². The third kappa shape index (κ3) is 3.83. The van der Waals surface area contributed by atoms with Crippen molar-refractivity contribution in [2.24, 2.45) is 5.73 Å². The summed E-state index contributed by atoms with van der Waals surface area (Å²) in [4.78, 5) is 4.30. The molecule has 3 N–H and O–H groups in total. The highest BCUT2D eigenvalue weighted by Gasteiger charge is 2.01. The molecule has 0 radical (unpaired) electrons. The van der Waals surface area contributed by atoms with Crippen LogP contribution in [0.2, 0.25) is 0 Å². The van der Waals surface area contributed by atoms with Crippen LogP contribution in [0.15, 0.2) is 41.6 Å². The van der Waals surface area contributed by atoms with E-state index in [0.717, 1.165) is 10.8 Å². The Hall–Kier alpha value is -1.81. The molecule has 0 amide bonds. The van der Waals surface area contributed by atoms with Crippen molar-refractivity contribution in [3.05, 3.63) is 58.8 Å². The summed E-state index contributed by atoms with van der Waals surface area (Å²) in [5.41, 5.74) is 9.94. The Morgan fingerprint density at radius 2 is 1.89 bits per heavy atom. The number of thioether (sulfide) groups is 1. The molecule has 0 spiro atoms. The number of hydrogen-bond donors (Lipinski definition) is 2. The van der Waals surface area contributed by atoms with E-state index < -0.39 is 0 Å². The monoisotopic (exact) mass is 271 g/mol. The van der Waals surface area contributed by atoms with Crippen LogP contribution in [0.25, 0.3) is 0 Å². The second-order valence-electron chi connectivity index (χ2n) is 4.58. The van der Waals surface area contributed by atoms with Crippen molar-refractivity contribution in [2.75, 3.05) is 0 Å². The lowest BCUT2D eigenvalue weighted by molar-refractivity contribution is 1.12. The molecular formula is C15H17N3S.